The fourth-order valence-corrected chi connectivity index (χ4v) is 2.85. The lowest BCUT2D eigenvalue weighted by Crippen LogP contribution is -2.14. The van der Waals surface area contributed by atoms with E-state index in [4.69, 9.17) is 11.6 Å². The lowest BCUT2D eigenvalue weighted by Gasteiger charge is -2.12. The number of benzene rings is 1. The highest BCUT2D eigenvalue weighted by Crippen LogP contribution is 2.28. The third-order valence-corrected chi connectivity index (χ3v) is 3.96. The molecule has 0 amide bonds. The summed E-state index contributed by atoms with van der Waals surface area (Å²) < 4.78 is 0. The maximum Gasteiger partial charge on any atom is 0.311 e. The fourth-order valence-electron chi connectivity index (χ4n) is 1.76. The van der Waals surface area contributed by atoms with Crippen molar-refractivity contribution in [1.82, 2.24) is 4.98 Å². The summed E-state index contributed by atoms with van der Waals surface area (Å²) in [6.07, 6.45) is 0.373. The molecule has 0 saturated heterocycles. The number of rotatable bonds is 4. The Balaban J connectivity index is 2.30. The van der Waals surface area contributed by atoms with E-state index in [2.05, 4.69) is 4.98 Å². The summed E-state index contributed by atoms with van der Waals surface area (Å²) in [5, 5.41) is 12.6. The molecular formula is C13H12ClNO2S. The van der Waals surface area contributed by atoms with Crippen LogP contribution in [-0.2, 0) is 11.2 Å². The molecule has 0 aliphatic rings. The number of hydrogen-bond donors (Lipinski definition) is 1. The number of aliphatic carboxylic acids is 1. The molecule has 0 bridgehead atoms. The number of carbonyl (C=O) groups is 1. The number of nitrogens with zero attached hydrogens (tertiary/aromatic N) is 1. The van der Waals surface area contributed by atoms with Gasteiger partial charge >= 0.3 is 5.97 Å². The first-order valence-corrected chi connectivity index (χ1v) is 6.72. The Bertz CT molecular complexity index is 568. The predicted molar refractivity (Wildman–Crippen MR) is 72.4 cm³/mol. The van der Waals surface area contributed by atoms with Gasteiger partial charge < -0.3 is 5.11 Å². The first-order chi connectivity index (χ1) is 8.58. The summed E-state index contributed by atoms with van der Waals surface area (Å²) in [5.41, 5.74) is 1.55. The molecule has 1 unspecified atom stereocenters. The van der Waals surface area contributed by atoms with E-state index in [1.165, 1.54) is 11.3 Å². The Morgan fingerprint density at radius 1 is 1.50 bits per heavy atom. The lowest BCUT2D eigenvalue weighted by atomic mass is 9.96. The van der Waals surface area contributed by atoms with Crippen LogP contribution >= 0.6 is 22.9 Å². The highest BCUT2D eigenvalue weighted by atomic mass is 35.5. The molecule has 0 aliphatic carbocycles. The van der Waals surface area contributed by atoms with Gasteiger partial charge in [0.05, 0.1) is 10.9 Å². The molecule has 0 spiro atoms. The van der Waals surface area contributed by atoms with Gasteiger partial charge in [-0.15, -0.1) is 11.3 Å². The quantitative estimate of drug-likeness (QED) is 0.933. The topological polar surface area (TPSA) is 50.2 Å². The number of carboxylic acid groups (broad SMARTS) is 1. The van der Waals surface area contributed by atoms with E-state index < -0.39 is 11.9 Å². The van der Waals surface area contributed by atoms with E-state index in [9.17, 15) is 9.90 Å². The van der Waals surface area contributed by atoms with Crippen molar-refractivity contribution in [2.24, 2.45) is 0 Å². The molecule has 2 rings (SSSR count). The van der Waals surface area contributed by atoms with Crippen molar-refractivity contribution in [1.29, 1.82) is 0 Å². The highest BCUT2D eigenvalue weighted by molar-refractivity contribution is 7.09. The number of aryl methyl sites for hydroxylation is 1. The lowest BCUT2D eigenvalue weighted by molar-refractivity contribution is -0.138. The minimum Gasteiger partial charge on any atom is -0.481 e. The summed E-state index contributed by atoms with van der Waals surface area (Å²) in [6.45, 7) is 1.89. The number of halogens is 1. The van der Waals surface area contributed by atoms with Crippen LogP contribution in [0.4, 0.5) is 0 Å². The molecule has 0 radical (unpaired) electrons. The highest BCUT2D eigenvalue weighted by Gasteiger charge is 2.23. The second-order valence-electron chi connectivity index (χ2n) is 4.00. The summed E-state index contributed by atoms with van der Waals surface area (Å²) >= 11 is 7.53. The van der Waals surface area contributed by atoms with Gasteiger partial charge in [0.1, 0.15) is 0 Å². The molecule has 18 heavy (non-hydrogen) atoms. The Morgan fingerprint density at radius 3 is 2.78 bits per heavy atom. The van der Waals surface area contributed by atoms with Crippen LogP contribution in [0.15, 0.2) is 29.6 Å². The average molecular weight is 282 g/mol. The zero-order valence-electron chi connectivity index (χ0n) is 9.76. The molecule has 1 atom stereocenters. The number of aromatic nitrogens is 1. The Hall–Kier alpha value is -1.39. The van der Waals surface area contributed by atoms with Crippen LogP contribution in [0.2, 0.25) is 5.02 Å². The van der Waals surface area contributed by atoms with Crippen LogP contribution in [0, 0.1) is 6.92 Å². The predicted octanol–water partition coefficient (Wildman–Crippen LogP) is 3.52. The van der Waals surface area contributed by atoms with Gasteiger partial charge in [-0.2, -0.15) is 0 Å². The SMILES string of the molecule is Cc1csc(CC(C(=O)O)c2ccccc2Cl)n1. The van der Waals surface area contributed by atoms with Crippen LogP contribution in [0.25, 0.3) is 0 Å². The van der Waals surface area contributed by atoms with E-state index in [0.29, 0.717) is 17.0 Å². The maximum atomic E-state index is 11.4. The molecule has 5 heteroatoms. The monoisotopic (exact) mass is 281 g/mol. The molecule has 1 aromatic carbocycles. The normalized spacial score (nSPS) is 12.3. The molecule has 0 aliphatic heterocycles. The van der Waals surface area contributed by atoms with Gasteiger partial charge in [-0.3, -0.25) is 4.79 Å². The van der Waals surface area contributed by atoms with Crippen LogP contribution in [-0.4, -0.2) is 16.1 Å². The van der Waals surface area contributed by atoms with E-state index in [-0.39, 0.29) is 0 Å². The minimum atomic E-state index is -0.879. The number of hydrogen-bond acceptors (Lipinski definition) is 3. The molecule has 1 N–H and O–H groups in total. The molecule has 3 nitrogen and oxygen atoms in total. The second kappa shape index (κ2) is 5.50. The van der Waals surface area contributed by atoms with Crippen molar-refractivity contribution in [3.63, 3.8) is 0 Å². The molecule has 1 aromatic heterocycles. The molecule has 1 heterocycles. The van der Waals surface area contributed by atoms with Crippen LogP contribution in [0.5, 0.6) is 0 Å². The maximum absolute atomic E-state index is 11.4. The third-order valence-electron chi connectivity index (χ3n) is 2.62. The van der Waals surface area contributed by atoms with Gasteiger partial charge in [0, 0.05) is 22.5 Å². The number of carboxylic acids is 1. The molecule has 2 aromatic rings. The van der Waals surface area contributed by atoms with Crippen molar-refractivity contribution in [3.8, 4) is 0 Å². The van der Waals surface area contributed by atoms with Crippen LogP contribution in [0.3, 0.4) is 0 Å². The summed E-state index contributed by atoms with van der Waals surface area (Å²) in [5.74, 6) is -1.53. The summed E-state index contributed by atoms with van der Waals surface area (Å²) in [4.78, 5) is 15.7. The minimum absolute atomic E-state index is 0.373. The third kappa shape index (κ3) is 2.89. The van der Waals surface area contributed by atoms with Crippen molar-refractivity contribution < 1.29 is 9.90 Å². The largest absolute Gasteiger partial charge is 0.481 e. The fraction of sp³-hybridized carbons (Fsp3) is 0.231. The summed E-state index contributed by atoms with van der Waals surface area (Å²) in [7, 11) is 0. The van der Waals surface area contributed by atoms with Gasteiger partial charge in [-0.05, 0) is 18.6 Å². The van der Waals surface area contributed by atoms with Gasteiger partial charge in [0.15, 0.2) is 0 Å². The van der Waals surface area contributed by atoms with E-state index >= 15 is 0 Å². The van der Waals surface area contributed by atoms with Gasteiger partial charge in [0.2, 0.25) is 0 Å². The molecule has 94 valence electrons. The Morgan fingerprint density at radius 2 is 2.22 bits per heavy atom. The van der Waals surface area contributed by atoms with Crippen LogP contribution < -0.4 is 0 Å². The molecule has 0 fully saturated rings. The molecular weight excluding hydrogens is 270 g/mol. The van der Waals surface area contributed by atoms with Crippen molar-refractivity contribution in [2.45, 2.75) is 19.3 Å². The van der Waals surface area contributed by atoms with Crippen molar-refractivity contribution >= 4 is 28.9 Å². The van der Waals surface area contributed by atoms with Gasteiger partial charge in [-0.1, -0.05) is 29.8 Å². The number of thiazole rings is 1. The van der Waals surface area contributed by atoms with E-state index in [0.717, 1.165) is 10.7 Å². The van der Waals surface area contributed by atoms with Crippen LogP contribution in [0.1, 0.15) is 22.2 Å². The first-order valence-electron chi connectivity index (χ1n) is 5.46. The average Bonchev–Trinajstić information content (AvgIpc) is 2.73. The smallest absolute Gasteiger partial charge is 0.311 e. The van der Waals surface area contributed by atoms with Gasteiger partial charge in [-0.25, -0.2) is 4.98 Å². The zero-order chi connectivity index (χ0) is 13.1. The molecule has 0 saturated carbocycles. The van der Waals surface area contributed by atoms with Crippen molar-refractivity contribution in [3.05, 3.63) is 50.9 Å². The summed E-state index contributed by atoms with van der Waals surface area (Å²) in [6, 6.07) is 7.05. The van der Waals surface area contributed by atoms with E-state index in [1.807, 2.05) is 12.3 Å². The standard InChI is InChI=1S/C13H12ClNO2S/c1-8-7-18-12(15-8)6-10(13(16)17)9-4-2-3-5-11(9)14/h2-5,7,10H,6H2,1H3,(H,16,17). The second-order valence-corrected chi connectivity index (χ2v) is 5.35. The first kappa shape index (κ1) is 13.1. The Labute approximate surface area is 114 Å². The van der Waals surface area contributed by atoms with Crippen molar-refractivity contribution in [2.75, 3.05) is 0 Å². The zero-order valence-corrected chi connectivity index (χ0v) is 11.3. The Kier molecular flexibility index (Phi) is 3.99. The van der Waals surface area contributed by atoms with Gasteiger partial charge in [0.25, 0.3) is 0 Å². The van der Waals surface area contributed by atoms with E-state index in [1.54, 1.807) is 24.3 Å².